The standard InChI is InChI=1S/C25H28Cl2N2O5/c1-16(2)34-23-14-20(29(28-23)15-18-9-10-19(26)13-21(18)27)7-5-11-33-25-17(12-24(30)31)6-4-8-22(25)32-3/h4,6,8-10,13-14,16H,5,7,11-12,15H2,1-3H3,(H,30,31). The second-order valence-corrected chi connectivity index (χ2v) is 8.85. The topological polar surface area (TPSA) is 82.8 Å². The molecule has 0 aliphatic rings. The Morgan fingerprint density at radius 3 is 2.62 bits per heavy atom. The molecule has 0 atom stereocenters. The van der Waals surface area contributed by atoms with Crippen LogP contribution < -0.4 is 14.2 Å². The summed E-state index contributed by atoms with van der Waals surface area (Å²) in [6.45, 7) is 4.75. The summed E-state index contributed by atoms with van der Waals surface area (Å²) in [6.07, 6.45) is 1.20. The van der Waals surface area contributed by atoms with Gasteiger partial charge >= 0.3 is 5.97 Å². The first kappa shape index (κ1) is 25.7. The molecule has 0 fully saturated rings. The van der Waals surface area contributed by atoms with Gasteiger partial charge in [-0.1, -0.05) is 41.4 Å². The molecule has 0 saturated carbocycles. The Bertz CT molecular complexity index is 1130. The fourth-order valence-corrected chi connectivity index (χ4v) is 3.96. The number of aromatic nitrogens is 2. The zero-order valence-corrected chi connectivity index (χ0v) is 20.9. The van der Waals surface area contributed by atoms with Crippen LogP contribution in [0.25, 0.3) is 0 Å². The summed E-state index contributed by atoms with van der Waals surface area (Å²) in [5.41, 5.74) is 2.44. The Hall–Kier alpha value is -2.90. The van der Waals surface area contributed by atoms with E-state index in [-0.39, 0.29) is 12.5 Å². The van der Waals surface area contributed by atoms with Gasteiger partial charge in [0.25, 0.3) is 0 Å². The van der Waals surface area contributed by atoms with Crippen LogP contribution in [0, 0.1) is 0 Å². The Kier molecular flexibility index (Phi) is 9.07. The van der Waals surface area contributed by atoms with E-state index in [0.717, 1.165) is 11.3 Å². The number of halogens is 2. The third-order valence-electron chi connectivity index (χ3n) is 4.98. The summed E-state index contributed by atoms with van der Waals surface area (Å²) in [5, 5.41) is 14.9. The molecule has 0 radical (unpaired) electrons. The third kappa shape index (κ3) is 7.05. The van der Waals surface area contributed by atoms with Crippen LogP contribution in [0.3, 0.4) is 0 Å². The number of aliphatic carboxylic acids is 1. The summed E-state index contributed by atoms with van der Waals surface area (Å²) in [5.74, 6) is 0.580. The minimum absolute atomic E-state index is 0.00291. The number of aryl methyl sites for hydroxylation is 1. The second kappa shape index (κ2) is 12.0. The van der Waals surface area contributed by atoms with Crippen LogP contribution in [0.4, 0.5) is 0 Å². The van der Waals surface area contributed by atoms with Crippen molar-refractivity contribution in [3.63, 3.8) is 0 Å². The number of benzene rings is 2. The lowest BCUT2D eigenvalue weighted by Gasteiger charge is -2.14. The summed E-state index contributed by atoms with van der Waals surface area (Å²) >= 11 is 12.4. The van der Waals surface area contributed by atoms with Gasteiger partial charge < -0.3 is 19.3 Å². The van der Waals surface area contributed by atoms with Gasteiger partial charge in [-0.15, -0.1) is 5.10 Å². The molecule has 0 aliphatic heterocycles. The third-order valence-corrected chi connectivity index (χ3v) is 5.57. The highest BCUT2D eigenvalue weighted by Gasteiger charge is 2.15. The molecule has 34 heavy (non-hydrogen) atoms. The Morgan fingerprint density at radius 2 is 1.94 bits per heavy atom. The summed E-state index contributed by atoms with van der Waals surface area (Å²) in [6, 6.07) is 12.5. The highest BCUT2D eigenvalue weighted by molar-refractivity contribution is 6.35. The molecule has 0 aliphatic carbocycles. The highest BCUT2D eigenvalue weighted by atomic mass is 35.5. The number of methoxy groups -OCH3 is 1. The zero-order chi connectivity index (χ0) is 24.7. The number of carboxylic acids is 1. The molecule has 3 rings (SSSR count). The van der Waals surface area contributed by atoms with Gasteiger partial charge in [-0.05, 0) is 50.5 Å². The summed E-state index contributed by atoms with van der Waals surface area (Å²) in [4.78, 5) is 11.2. The van der Waals surface area contributed by atoms with Crippen molar-refractivity contribution < 1.29 is 24.1 Å². The monoisotopic (exact) mass is 506 g/mol. The smallest absolute Gasteiger partial charge is 0.307 e. The van der Waals surface area contributed by atoms with Gasteiger partial charge in [-0.25, -0.2) is 0 Å². The maximum atomic E-state index is 11.2. The normalized spacial score (nSPS) is 11.0. The lowest BCUT2D eigenvalue weighted by molar-refractivity contribution is -0.136. The maximum Gasteiger partial charge on any atom is 0.307 e. The van der Waals surface area contributed by atoms with Gasteiger partial charge in [0.05, 0.1) is 32.8 Å². The van der Waals surface area contributed by atoms with Crippen molar-refractivity contribution in [3.05, 3.63) is 69.3 Å². The summed E-state index contributed by atoms with van der Waals surface area (Å²) in [7, 11) is 1.53. The predicted molar refractivity (Wildman–Crippen MR) is 132 cm³/mol. The van der Waals surface area contributed by atoms with Crippen molar-refractivity contribution in [2.24, 2.45) is 0 Å². The Balaban J connectivity index is 1.72. The average molecular weight is 507 g/mol. The zero-order valence-electron chi connectivity index (χ0n) is 19.4. The number of para-hydroxylation sites is 1. The molecule has 1 heterocycles. The van der Waals surface area contributed by atoms with Crippen molar-refractivity contribution in [3.8, 4) is 17.4 Å². The van der Waals surface area contributed by atoms with E-state index in [1.165, 1.54) is 7.11 Å². The van der Waals surface area contributed by atoms with Crippen LogP contribution in [0.5, 0.6) is 17.4 Å². The van der Waals surface area contributed by atoms with E-state index < -0.39 is 5.97 Å². The first-order valence-corrected chi connectivity index (χ1v) is 11.7. The molecule has 0 amide bonds. The van der Waals surface area contributed by atoms with Crippen molar-refractivity contribution in [1.29, 1.82) is 0 Å². The fourth-order valence-electron chi connectivity index (χ4n) is 3.49. The first-order chi connectivity index (χ1) is 16.3. The van der Waals surface area contributed by atoms with E-state index in [2.05, 4.69) is 5.10 Å². The number of hydrogen-bond donors (Lipinski definition) is 1. The number of nitrogens with zero attached hydrogens (tertiary/aromatic N) is 2. The van der Waals surface area contributed by atoms with Gasteiger partial charge in [-0.3, -0.25) is 9.48 Å². The van der Waals surface area contributed by atoms with Gasteiger partial charge in [0.1, 0.15) is 0 Å². The number of rotatable bonds is 12. The molecule has 182 valence electrons. The number of ether oxygens (including phenoxy) is 3. The Labute approximate surface area is 209 Å². The first-order valence-electron chi connectivity index (χ1n) is 10.9. The van der Waals surface area contributed by atoms with E-state index in [1.807, 2.05) is 30.7 Å². The minimum Gasteiger partial charge on any atom is -0.493 e. The van der Waals surface area contributed by atoms with Crippen molar-refractivity contribution in [1.82, 2.24) is 9.78 Å². The molecular formula is C25H28Cl2N2O5. The van der Waals surface area contributed by atoms with Crippen LogP contribution in [0.1, 0.15) is 37.1 Å². The minimum atomic E-state index is -0.930. The molecule has 0 spiro atoms. The largest absolute Gasteiger partial charge is 0.493 e. The van der Waals surface area contributed by atoms with Crippen LogP contribution in [0.2, 0.25) is 10.0 Å². The number of carboxylic acid groups (broad SMARTS) is 1. The maximum absolute atomic E-state index is 11.2. The van der Waals surface area contributed by atoms with Crippen LogP contribution in [-0.4, -0.2) is 40.7 Å². The van der Waals surface area contributed by atoms with Crippen molar-refractivity contribution in [2.75, 3.05) is 13.7 Å². The summed E-state index contributed by atoms with van der Waals surface area (Å²) < 4.78 is 19.0. The van der Waals surface area contributed by atoms with Gasteiger partial charge in [-0.2, -0.15) is 0 Å². The SMILES string of the molecule is COc1cccc(CC(=O)O)c1OCCCc1cc(OC(C)C)nn1Cc1ccc(Cl)cc1Cl. The molecule has 0 unspecified atom stereocenters. The van der Waals surface area contributed by atoms with Crippen molar-refractivity contribution >= 4 is 29.2 Å². The van der Waals surface area contributed by atoms with E-state index in [1.54, 1.807) is 30.3 Å². The van der Waals surface area contributed by atoms with E-state index in [4.69, 9.17) is 37.4 Å². The van der Waals surface area contributed by atoms with Crippen molar-refractivity contribution in [2.45, 2.75) is 45.8 Å². The predicted octanol–water partition coefficient (Wildman–Crippen LogP) is 5.67. The lowest BCUT2D eigenvalue weighted by atomic mass is 10.1. The molecule has 0 saturated heterocycles. The number of carbonyl (C=O) groups is 1. The molecule has 0 bridgehead atoms. The lowest BCUT2D eigenvalue weighted by Crippen LogP contribution is -2.10. The van der Waals surface area contributed by atoms with Crippen LogP contribution >= 0.6 is 23.2 Å². The van der Waals surface area contributed by atoms with E-state index in [0.29, 0.717) is 59.0 Å². The quantitative estimate of drug-likeness (QED) is 0.318. The van der Waals surface area contributed by atoms with Crippen LogP contribution in [-0.2, 0) is 24.2 Å². The molecule has 1 aromatic heterocycles. The second-order valence-electron chi connectivity index (χ2n) is 8.00. The van der Waals surface area contributed by atoms with E-state index in [9.17, 15) is 9.90 Å². The molecule has 1 N–H and O–H groups in total. The van der Waals surface area contributed by atoms with Gasteiger partial charge in [0.2, 0.25) is 5.88 Å². The molecular weight excluding hydrogens is 479 g/mol. The van der Waals surface area contributed by atoms with Gasteiger partial charge in [0.15, 0.2) is 11.5 Å². The molecule has 3 aromatic rings. The molecule has 9 heteroatoms. The van der Waals surface area contributed by atoms with Crippen LogP contribution in [0.15, 0.2) is 42.5 Å². The Morgan fingerprint density at radius 1 is 1.15 bits per heavy atom. The molecule has 7 nitrogen and oxygen atoms in total. The van der Waals surface area contributed by atoms with Gasteiger partial charge in [0, 0.05) is 27.4 Å². The average Bonchev–Trinajstić information content (AvgIpc) is 3.13. The highest BCUT2D eigenvalue weighted by Crippen LogP contribution is 2.32. The fraction of sp³-hybridized carbons (Fsp3) is 0.360. The van der Waals surface area contributed by atoms with E-state index >= 15 is 0 Å². The number of hydrogen-bond acceptors (Lipinski definition) is 5. The molecule has 2 aromatic carbocycles.